The summed E-state index contributed by atoms with van der Waals surface area (Å²) >= 11 is -1.84. The molecular formula is C27H29F4N5O2Se. The number of nitrogens with zero attached hydrogens (tertiary/aromatic N) is 2. The van der Waals surface area contributed by atoms with Crippen LogP contribution in [0.4, 0.5) is 28.9 Å². The number of likely N-dealkylation sites (tertiary alicyclic amines) is 1. The zero-order valence-corrected chi connectivity index (χ0v) is 23.4. The van der Waals surface area contributed by atoms with E-state index in [-0.39, 0.29) is 22.6 Å². The fourth-order valence-electron chi connectivity index (χ4n) is 4.42. The zero-order valence-electron chi connectivity index (χ0n) is 21.7. The standard InChI is InChI=1S/C27H29F4N5O2Se/c1-32-25(37)17-8-9-22(24(15-17)38-3)33-11-4-6-18-14-23-21(34-20-10-13-35(2)16-19(20)28)7-5-12-36(23)26(18)39-27(29,30)31/h5,7-9,12,14-15,19-20,33-34H,10-11,13,16H2,1-3H3,(H,32,37). The maximum absolute atomic E-state index is 14.7. The van der Waals surface area contributed by atoms with Crippen LogP contribution >= 0.6 is 0 Å². The average Bonchev–Trinajstić information content (AvgIpc) is 3.24. The molecule has 1 fully saturated rings. The molecule has 3 aromatic rings. The van der Waals surface area contributed by atoms with Crippen molar-refractivity contribution in [2.24, 2.45) is 0 Å². The Morgan fingerprint density at radius 3 is 2.72 bits per heavy atom. The molecule has 3 N–H and O–H groups in total. The molecule has 1 saturated heterocycles. The van der Waals surface area contributed by atoms with Crippen molar-refractivity contribution in [3.63, 3.8) is 0 Å². The van der Waals surface area contributed by atoms with Crippen LogP contribution in [0.25, 0.3) is 5.52 Å². The van der Waals surface area contributed by atoms with E-state index in [1.165, 1.54) is 18.6 Å². The molecule has 1 aromatic carbocycles. The number of benzene rings is 1. The summed E-state index contributed by atoms with van der Waals surface area (Å²) in [6, 6.07) is 9.48. The first kappa shape index (κ1) is 28.6. The van der Waals surface area contributed by atoms with E-state index in [1.807, 2.05) is 11.9 Å². The number of methoxy groups -OCH3 is 1. The summed E-state index contributed by atoms with van der Waals surface area (Å²) in [6.07, 6.45) is 1.07. The molecule has 12 heteroatoms. The molecule has 1 amide bonds. The Hall–Kier alpha value is -3.39. The minimum absolute atomic E-state index is 0.0776. The Bertz CT molecular complexity index is 1400. The Labute approximate surface area is 230 Å². The summed E-state index contributed by atoms with van der Waals surface area (Å²) in [6.45, 7) is 1.16. The van der Waals surface area contributed by atoms with Crippen molar-refractivity contribution in [2.75, 3.05) is 51.5 Å². The van der Waals surface area contributed by atoms with Crippen LogP contribution in [-0.4, -0.2) is 88.3 Å². The Kier molecular flexibility index (Phi) is 8.95. The van der Waals surface area contributed by atoms with Crippen molar-refractivity contribution in [1.82, 2.24) is 14.6 Å². The Morgan fingerprint density at radius 2 is 2.03 bits per heavy atom. The first-order valence-corrected chi connectivity index (χ1v) is 13.9. The van der Waals surface area contributed by atoms with Crippen LogP contribution in [0.2, 0.25) is 0 Å². The molecule has 0 spiro atoms. The van der Waals surface area contributed by atoms with Gasteiger partial charge in [0.1, 0.15) is 0 Å². The van der Waals surface area contributed by atoms with E-state index in [2.05, 4.69) is 27.8 Å². The van der Waals surface area contributed by atoms with Gasteiger partial charge in [0.15, 0.2) is 0 Å². The number of anilines is 2. The fourth-order valence-corrected chi connectivity index (χ4v) is 5.88. The number of ether oxygens (including phenoxy) is 1. The number of amides is 1. The first-order chi connectivity index (χ1) is 18.6. The van der Waals surface area contributed by atoms with E-state index in [0.717, 1.165) is 6.54 Å². The number of nitrogens with one attached hydrogen (secondary N) is 3. The van der Waals surface area contributed by atoms with Gasteiger partial charge in [-0.05, 0) is 0 Å². The number of carbonyl (C=O) groups is 1. The van der Waals surface area contributed by atoms with Crippen molar-refractivity contribution in [2.45, 2.75) is 23.7 Å². The predicted octanol–water partition coefficient (Wildman–Crippen LogP) is 3.07. The van der Waals surface area contributed by atoms with Crippen molar-refractivity contribution in [3.8, 4) is 17.6 Å². The van der Waals surface area contributed by atoms with Gasteiger partial charge in [-0.3, -0.25) is 0 Å². The van der Waals surface area contributed by atoms with Gasteiger partial charge in [0, 0.05) is 7.05 Å². The number of piperidine rings is 1. The normalized spacial score (nSPS) is 17.8. The van der Waals surface area contributed by atoms with Crippen LogP contribution < -0.4 is 25.3 Å². The molecule has 208 valence electrons. The van der Waals surface area contributed by atoms with Crippen molar-refractivity contribution >= 4 is 42.3 Å². The van der Waals surface area contributed by atoms with Crippen LogP contribution in [0.3, 0.4) is 0 Å². The van der Waals surface area contributed by atoms with E-state index in [0.29, 0.717) is 41.2 Å². The number of carbonyl (C=O) groups excluding carboxylic acids is 1. The summed E-state index contributed by atoms with van der Waals surface area (Å²) in [7, 11) is 4.86. The molecule has 7 nitrogen and oxygen atoms in total. The molecular weight excluding hydrogens is 581 g/mol. The Morgan fingerprint density at radius 1 is 1.23 bits per heavy atom. The van der Waals surface area contributed by atoms with E-state index in [1.54, 1.807) is 42.6 Å². The minimum atomic E-state index is -4.38. The van der Waals surface area contributed by atoms with Gasteiger partial charge < -0.3 is 0 Å². The molecule has 2 unspecified atom stereocenters. The summed E-state index contributed by atoms with van der Waals surface area (Å²) in [5.41, 5.74) is 2.38. The summed E-state index contributed by atoms with van der Waals surface area (Å²) in [5.74, 6) is 5.96. The van der Waals surface area contributed by atoms with E-state index in [9.17, 15) is 22.4 Å². The van der Waals surface area contributed by atoms with E-state index < -0.39 is 32.2 Å². The van der Waals surface area contributed by atoms with Gasteiger partial charge in [0.05, 0.1) is 0 Å². The van der Waals surface area contributed by atoms with Crippen molar-refractivity contribution in [3.05, 3.63) is 53.7 Å². The maximum atomic E-state index is 14.7. The molecule has 1 aliphatic heterocycles. The quantitative estimate of drug-likeness (QED) is 0.218. The SMILES string of the molecule is CNC(=O)c1ccc(NCC#Cc2cc3c(NC4CCN(C)CC4F)cccn3c2[Se]C(F)(F)F)c(OC)c1. The van der Waals surface area contributed by atoms with Crippen molar-refractivity contribution in [1.29, 1.82) is 0 Å². The topological polar surface area (TPSA) is 70.0 Å². The molecule has 2 atom stereocenters. The van der Waals surface area contributed by atoms with Crippen LogP contribution in [0.1, 0.15) is 22.3 Å². The number of pyridine rings is 1. The molecule has 0 bridgehead atoms. The van der Waals surface area contributed by atoms with E-state index in [4.69, 9.17) is 4.74 Å². The molecule has 39 heavy (non-hydrogen) atoms. The Balaban J connectivity index is 1.59. The van der Waals surface area contributed by atoms with Crippen LogP contribution in [0, 0.1) is 11.8 Å². The molecule has 2 aromatic heterocycles. The second kappa shape index (κ2) is 12.2. The number of hydrogen-bond acceptors (Lipinski definition) is 5. The summed E-state index contributed by atoms with van der Waals surface area (Å²) < 4.78 is 62.2. The number of halogens is 4. The number of fused-ring (bicyclic) bond motifs is 1. The third kappa shape index (κ3) is 6.98. The van der Waals surface area contributed by atoms with Gasteiger partial charge in [-0.1, -0.05) is 0 Å². The molecule has 0 saturated carbocycles. The van der Waals surface area contributed by atoms with Crippen molar-refractivity contribution < 1.29 is 27.1 Å². The average molecular weight is 611 g/mol. The van der Waals surface area contributed by atoms with Gasteiger partial charge >= 0.3 is 224 Å². The zero-order chi connectivity index (χ0) is 28.2. The summed E-state index contributed by atoms with van der Waals surface area (Å²) in [4.78, 5) is 13.8. The molecule has 0 aliphatic carbocycles. The molecule has 1 aliphatic rings. The number of aromatic nitrogens is 1. The fraction of sp³-hybridized carbons (Fsp3) is 0.370. The van der Waals surface area contributed by atoms with Gasteiger partial charge in [-0.25, -0.2) is 0 Å². The second-order valence-electron chi connectivity index (χ2n) is 9.06. The first-order valence-electron chi connectivity index (χ1n) is 12.2. The van der Waals surface area contributed by atoms with E-state index >= 15 is 0 Å². The number of hydrogen-bond donors (Lipinski definition) is 3. The van der Waals surface area contributed by atoms with Crippen LogP contribution in [0.5, 0.6) is 5.75 Å². The van der Waals surface area contributed by atoms with Crippen LogP contribution in [-0.2, 0) is 0 Å². The monoisotopic (exact) mass is 611 g/mol. The predicted molar refractivity (Wildman–Crippen MR) is 145 cm³/mol. The van der Waals surface area contributed by atoms with Gasteiger partial charge in [0.2, 0.25) is 0 Å². The molecule has 3 heterocycles. The molecule has 0 radical (unpaired) electrons. The second-order valence-corrected chi connectivity index (χ2v) is 11.3. The third-order valence-electron chi connectivity index (χ3n) is 6.34. The molecule has 4 rings (SSSR count). The van der Waals surface area contributed by atoms with Gasteiger partial charge in [0.25, 0.3) is 0 Å². The number of rotatable bonds is 7. The van der Waals surface area contributed by atoms with Crippen LogP contribution in [0.15, 0.2) is 42.6 Å². The number of alkyl halides is 4. The third-order valence-corrected chi connectivity index (χ3v) is 8.11. The van der Waals surface area contributed by atoms with Gasteiger partial charge in [-0.2, -0.15) is 0 Å². The summed E-state index contributed by atoms with van der Waals surface area (Å²) in [5, 5.41) is 4.46. The van der Waals surface area contributed by atoms with Gasteiger partial charge in [-0.15, -0.1) is 0 Å².